The molecule has 0 aliphatic rings. The van der Waals surface area contributed by atoms with Crippen molar-refractivity contribution >= 4 is 17.5 Å². The molecular weight excluding hydrogens is 309 g/mol. The Morgan fingerprint density at radius 3 is 2.43 bits per heavy atom. The number of nitrogens with zero attached hydrogens (tertiary/aromatic N) is 2. The van der Waals surface area contributed by atoms with Crippen molar-refractivity contribution in [3.8, 4) is 0 Å². The van der Waals surface area contributed by atoms with Crippen LogP contribution in [0.4, 0.5) is 24.8 Å². The first kappa shape index (κ1) is 16.7. The van der Waals surface area contributed by atoms with Crippen molar-refractivity contribution in [3.63, 3.8) is 0 Å². The van der Waals surface area contributed by atoms with Crippen molar-refractivity contribution in [1.82, 2.24) is 15.3 Å². The van der Waals surface area contributed by atoms with E-state index < -0.39 is 17.5 Å². The van der Waals surface area contributed by atoms with E-state index in [9.17, 15) is 18.0 Å². The summed E-state index contributed by atoms with van der Waals surface area (Å²) in [5, 5.41) is 5.17. The first-order chi connectivity index (χ1) is 10.9. The van der Waals surface area contributed by atoms with Gasteiger partial charge in [-0.2, -0.15) is 0 Å². The standard InChI is InChI=1S/C15H15F3N4O/c1-3-8(2)21-14(23)9-6-19-15(20-7-9)22-11-5-4-10(16)12(17)13(11)18/h4-8H,3H2,1-2H3,(H,21,23)(H,19,20,22). The summed E-state index contributed by atoms with van der Waals surface area (Å²) < 4.78 is 39.5. The molecule has 0 saturated heterocycles. The Hall–Kier alpha value is -2.64. The van der Waals surface area contributed by atoms with Crippen LogP contribution in [0.3, 0.4) is 0 Å². The molecule has 0 saturated carbocycles. The highest BCUT2D eigenvalue weighted by atomic mass is 19.2. The van der Waals surface area contributed by atoms with Gasteiger partial charge in [0.1, 0.15) is 0 Å². The molecule has 0 aliphatic carbocycles. The van der Waals surface area contributed by atoms with Crippen LogP contribution in [-0.4, -0.2) is 21.9 Å². The van der Waals surface area contributed by atoms with Crippen molar-refractivity contribution in [3.05, 3.63) is 47.5 Å². The minimum atomic E-state index is -1.58. The molecule has 0 aliphatic heterocycles. The summed E-state index contributed by atoms with van der Waals surface area (Å²) >= 11 is 0. The van der Waals surface area contributed by atoms with Gasteiger partial charge in [-0.25, -0.2) is 23.1 Å². The summed E-state index contributed by atoms with van der Waals surface area (Å²) in [7, 11) is 0. The molecule has 1 aromatic carbocycles. The van der Waals surface area contributed by atoms with Crippen LogP contribution in [-0.2, 0) is 0 Å². The van der Waals surface area contributed by atoms with E-state index in [1.165, 1.54) is 12.4 Å². The Morgan fingerprint density at radius 1 is 1.17 bits per heavy atom. The van der Waals surface area contributed by atoms with E-state index in [4.69, 9.17) is 0 Å². The predicted molar refractivity (Wildman–Crippen MR) is 78.8 cm³/mol. The zero-order valence-electron chi connectivity index (χ0n) is 12.5. The van der Waals surface area contributed by atoms with Crippen LogP contribution in [0.2, 0.25) is 0 Å². The van der Waals surface area contributed by atoms with E-state index in [1.54, 1.807) is 0 Å². The maximum Gasteiger partial charge on any atom is 0.254 e. The summed E-state index contributed by atoms with van der Waals surface area (Å²) in [4.78, 5) is 19.6. The molecule has 2 rings (SSSR count). The van der Waals surface area contributed by atoms with Crippen molar-refractivity contribution in [2.75, 3.05) is 5.32 Å². The Morgan fingerprint density at radius 2 is 1.83 bits per heavy atom. The maximum absolute atomic E-state index is 13.5. The van der Waals surface area contributed by atoms with E-state index in [0.717, 1.165) is 18.6 Å². The molecular formula is C15H15F3N4O. The molecule has 8 heteroatoms. The third-order valence-electron chi connectivity index (χ3n) is 3.19. The largest absolute Gasteiger partial charge is 0.350 e. The van der Waals surface area contributed by atoms with Crippen LogP contribution in [0.1, 0.15) is 30.6 Å². The lowest BCUT2D eigenvalue weighted by atomic mass is 10.2. The lowest BCUT2D eigenvalue weighted by Crippen LogP contribution is -2.32. The van der Waals surface area contributed by atoms with Gasteiger partial charge in [0.2, 0.25) is 5.95 Å². The first-order valence-electron chi connectivity index (χ1n) is 6.95. The molecule has 122 valence electrons. The van der Waals surface area contributed by atoms with Crippen molar-refractivity contribution in [2.24, 2.45) is 0 Å². The number of nitrogens with one attached hydrogen (secondary N) is 2. The molecule has 1 atom stereocenters. The van der Waals surface area contributed by atoms with Gasteiger partial charge in [0.25, 0.3) is 5.91 Å². The van der Waals surface area contributed by atoms with Crippen LogP contribution in [0.15, 0.2) is 24.5 Å². The molecule has 0 fully saturated rings. The molecule has 0 bridgehead atoms. The van der Waals surface area contributed by atoms with E-state index in [-0.39, 0.29) is 29.1 Å². The van der Waals surface area contributed by atoms with Gasteiger partial charge in [-0.05, 0) is 25.5 Å². The predicted octanol–water partition coefficient (Wildman–Crippen LogP) is 3.17. The Bertz CT molecular complexity index is 707. The van der Waals surface area contributed by atoms with Gasteiger partial charge in [0, 0.05) is 18.4 Å². The van der Waals surface area contributed by atoms with Crippen LogP contribution in [0.5, 0.6) is 0 Å². The molecule has 2 aromatic rings. The van der Waals surface area contributed by atoms with Gasteiger partial charge in [0.05, 0.1) is 11.3 Å². The normalized spacial score (nSPS) is 11.9. The average Bonchev–Trinajstić information content (AvgIpc) is 2.55. The van der Waals surface area contributed by atoms with E-state index in [2.05, 4.69) is 20.6 Å². The molecule has 1 unspecified atom stereocenters. The number of halogens is 3. The molecule has 1 amide bonds. The Balaban J connectivity index is 2.12. The van der Waals surface area contributed by atoms with Crippen molar-refractivity contribution in [2.45, 2.75) is 26.3 Å². The summed E-state index contributed by atoms with van der Waals surface area (Å²) in [5.74, 6) is -4.61. The quantitative estimate of drug-likeness (QED) is 0.829. The first-order valence-corrected chi connectivity index (χ1v) is 6.95. The van der Waals surface area contributed by atoms with Gasteiger partial charge < -0.3 is 10.6 Å². The van der Waals surface area contributed by atoms with Gasteiger partial charge in [0.15, 0.2) is 17.5 Å². The third-order valence-corrected chi connectivity index (χ3v) is 3.19. The summed E-state index contributed by atoms with van der Waals surface area (Å²) in [5.41, 5.74) is -0.0673. The number of anilines is 2. The van der Waals surface area contributed by atoms with Crippen molar-refractivity contribution in [1.29, 1.82) is 0 Å². The van der Waals surface area contributed by atoms with Gasteiger partial charge >= 0.3 is 0 Å². The second-order valence-electron chi connectivity index (χ2n) is 4.93. The second-order valence-corrected chi connectivity index (χ2v) is 4.93. The monoisotopic (exact) mass is 324 g/mol. The number of hydrogen-bond donors (Lipinski definition) is 2. The highest BCUT2D eigenvalue weighted by Gasteiger charge is 2.15. The van der Waals surface area contributed by atoms with Crippen LogP contribution in [0.25, 0.3) is 0 Å². The number of aromatic nitrogens is 2. The summed E-state index contributed by atoms with van der Waals surface area (Å²) in [6.45, 7) is 3.80. The zero-order valence-corrected chi connectivity index (χ0v) is 12.5. The number of rotatable bonds is 5. The van der Waals surface area contributed by atoms with E-state index in [0.29, 0.717) is 0 Å². The number of amides is 1. The van der Waals surface area contributed by atoms with E-state index in [1.807, 2.05) is 13.8 Å². The summed E-state index contributed by atoms with van der Waals surface area (Å²) in [6, 6.07) is 1.83. The van der Waals surface area contributed by atoms with Gasteiger partial charge in [-0.1, -0.05) is 6.92 Å². The summed E-state index contributed by atoms with van der Waals surface area (Å²) in [6.07, 6.45) is 3.29. The number of carbonyl (C=O) groups excluding carboxylic acids is 1. The lowest BCUT2D eigenvalue weighted by Gasteiger charge is -2.11. The van der Waals surface area contributed by atoms with E-state index >= 15 is 0 Å². The molecule has 0 radical (unpaired) electrons. The molecule has 2 N–H and O–H groups in total. The topological polar surface area (TPSA) is 66.9 Å². The van der Waals surface area contributed by atoms with Crippen LogP contribution < -0.4 is 10.6 Å². The zero-order chi connectivity index (χ0) is 17.0. The highest BCUT2D eigenvalue weighted by molar-refractivity contribution is 5.93. The highest BCUT2D eigenvalue weighted by Crippen LogP contribution is 2.21. The average molecular weight is 324 g/mol. The lowest BCUT2D eigenvalue weighted by molar-refractivity contribution is 0.0938. The molecule has 5 nitrogen and oxygen atoms in total. The maximum atomic E-state index is 13.5. The fraction of sp³-hybridized carbons (Fsp3) is 0.267. The number of carbonyl (C=O) groups is 1. The molecule has 0 spiro atoms. The molecule has 1 aromatic heterocycles. The van der Waals surface area contributed by atoms with Gasteiger partial charge in [-0.15, -0.1) is 0 Å². The molecule has 23 heavy (non-hydrogen) atoms. The fourth-order valence-electron chi connectivity index (χ4n) is 1.66. The van der Waals surface area contributed by atoms with Crippen LogP contribution in [0, 0.1) is 17.5 Å². The Kier molecular flexibility index (Phi) is 5.15. The Labute approximate surface area is 131 Å². The minimum Gasteiger partial charge on any atom is -0.350 e. The van der Waals surface area contributed by atoms with Crippen LogP contribution >= 0.6 is 0 Å². The number of hydrogen-bond acceptors (Lipinski definition) is 4. The SMILES string of the molecule is CCC(C)NC(=O)c1cnc(Nc2ccc(F)c(F)c2F)nc1. The smallest absolute Gasteiger partial charge is 0.254 e. The van der Waals surface area contributed by atoms with Crippen molar-refractivity contribution < 1.29 is 18.0 Å². The second kappa shape index (κ2) is 7.08. The third kappa shape index (κ3) is 3.97. The minimum absolute atomic E-state index is 0.0107. The molecule has 1 heterocycles. The number of benzene rings is 1. The fourth-order valence-corrected chi connectivity index (χ4v) is 1.66. The van der Waals surface area contributed by atoms with Gasteiger partial charge in [-0.3, -0.25) is 4.79 Å².